The molecule has 0 radical (unpaired) electrons. The van der Waals surface area contributed by atoms with Gasteiger partial charge in [-0.2, -0.15) is 0 Å². The molecule has 0 saturated carbocycles. The first-order valence-electron chi connectivity index (χ1n) is 5.13. The molecule has 0 aliphatic rings. The fourth-order valence-corrected chi connectivity index (χ4v) is 1.27. The lowest BCUT2D eigenvalue weighted by Gasteiger charge is -2.14. The molecular formula is C11H16N2O3. The van der Waals surface area contributed by atoms with Crippen LogP contribution in [-0.4, -0.2) is 35.8 Å². The number of hydrogen-bond donors (Lipinski definition) is 2. The largest absolute Gasteiger partial charge is 0.480 e. The summed E-state index contributed by atoms with van der Waals surface area (Å²) in [6.07, 6.45) is 2.23. The maximum absolute atomic E-state index is 11.8. The summed E-state index contributed by atoms with van der Waals surface area (Å²) in [5.74, 6) is -0.00126. The second-order valence-electron chi connectivity index (χ2n) is 3.32. The molecule has 0 bridgehead atoms. The third-order valence-corrected chi connectivity index (χ3v) is 2.26. The first kappa shape index (κ1) is 12.4. The van der Waals surface area contributed by atoms with Crippen molar-refractivity contribution in [3.8, 4) is 5.88 Å². The zero-order chi connectivity index (χ0) is 12.0. The van der Waals surface area contributed by atoms with Gasteiger partial charge in [-0.3, -0.25) is 4.79 Å². The van der Waals surface area contributed by atoms with Crippen LogP contribution in [-0.2, 0) is 0 Å². The Labute approximate surface area is 94.5 Å². The minimum atomic E-state index is -0.286. The van der Waals surface area contributed by atoms with Crippen molar-refractivity contribution in [2.75, 3.05) is 13.7 Å². The third-order valence-electron chi connectivity index (χ3n) is 2.26. The number of rotatable bonds is 5. The smallest absolute Gasteiger partial charge is 0.257 e. The molecule has 16 heavy (non-hydrogen) atoms. The summed E-state index contributed by atoms with van der Waals surface area (Å²) in [4.78, 5) is 15.7. The molecule has 1 heterocycles. The number of methoxy groups -OCH3 is 1. The average Bonchev–Trinajstić information content (AvgIpc) is 2.35. The summed E-state index contributed by atoms with van der Waals surface area (Å²) in [7, 11) is 1.46. The summed E-state index contributed by atoms with van der Waals surface area (Å²) in [5.41, 5.74) is 0.372. The number of aliphatic hydroxyl groups excluding tert-OH is 1. The molecule has 5 nitrogen and oxygen atoms in total. The number of nitrogens with zero attached hydrogens (tertiary/aromatic N) is 1. The van der Waals surface area contributed by atoms with Crippen molar-refractivity contribution in [3.63, 3.8) is 0 Å². The van der Waals surface area contributed by atoms with Gasteiger partial charge in [0.1, 0.15) is 5.56 Å². The van der Waals surface area contributed by atoms with E-state index in [4.69, 9.17) is 9.84 Å². The number of aliphatic hydroxyl groups is 1. The van der Waals surface area contributed by atoms with Gasteiger partial charge in [-0.25, -0.2) is 4.98 Å². The molecule has 1 unspecified atom stereocenters. The number of carbonyl (C=O) groups excluding carboxylic acids is 1. The van der Waals surface area contributed by atoms with Crippen molar-refractivity contribution in [1.82, 2.24) is 10.3 Å². The summed E-state index contributed by atoms with van der Waals surface area (Å²) >= 11 is 0. The maximum atomic E-state index is 11.8. The van der Waals surface area contributed by atoms with Crippen LogP contribution >= 0.6 is 0 Å². The molecule has 2 N–H and O–H groups in total. The van der Waals surface area contributed by atoms with Crippen molar-refractivity contribution >= 4 is 5.91 Å². The van der Waals surface area contributed by atoms with E-state index in [1.165, 1.54) is 7.11 Å². The number of amides is 1. The molecule has 1 rings (SSSR count). The number of aromatic nitrogens is 1. The zero-order valence-electron chi connectivity index (χ0n) is 9.43. The van der Waals surface area contributed by atoms with Crippen molar-refractivity contribution < 1.29 is 14.6 Å². The number of nitrogens with one attached hydrogen (secondary N) is 1. The molecule has 1 aromatic heterocycles. The fourth-order valence-electron chi connectivity index (χ4n) is 1.27. The highest BCUT2D eigenvalue weighted by Crippen LogP contribution is 2.13. The normalized spacial score (nSPS) is 11.9. The second kappa shape index (κ2) is 6.07. The molecule has 1 aromatic rings. The minimum Gasteiger partial charge on any atom is -0.480 e. The van der Waals surface area contributed by atoms with E-state index in [1.54, 1.807) is 18.3 Å². The van der Waals surface area contributed by atoms with E-state index in [1.807, 2.05) is 6.92 Å². The molecule has 0 saturated heterocycles. The Balaban J connectivity index is 2.79. The predicted molar refractivity (Wildman–Crippen MR) is 59.4 cm³/mol. The van der Waals surface area contributed by atoms with Crippen LogP contribution in [0.15, 0.2) is 18.3 Å². The number of ether oxygens (including phenoxy) is 1. The Kier molecular flexibility index (Phi) is 4.72. The summed E-state index contributed by atoms with van der Waals surface area (Å²) in [6, 6.07) is 3.06. The van der Waals surface area contributed by atoms with Crippen LogP contribution in [0.25, 0.3) is 0 Å². The summed E-state index contributed by atoms with van der Waals surface area (Å²) in [6.45, 7) is 1.81. The average molecular weight is 224 g/mol. The maximum Gasteiger partial charge on any atom is 0.257 e. The lowest BCUT2D eigenvalue weighted by Crippen LogP contribution is -2.37. The van der Waals surface area contributed by atoms with E-state index >= 15 is 0 Å². The highest BCUT2D eigenvalue weighted by Gasteiger charge is 2.15. The van der Waals surface area contributed by atoms with Gasteiger partial charge in [-0.1, -0.05) is 6.92 Å². The Morgan fingerprint density at radius 3 is 3.00 bits per heavy atom. The van der Waals surface area contributed by atoms with Crippen molar-refractivity contribution in [1.29, 1.82) is 0 Å². The standard InChI is InChI=1S/C11H16N2O3/c1-3-8(7-14)13-10(15)9-5-4-6-12-11(9)16-2/h4-6,8,14H,3,7H2,1-2H3,(H,13,15). The van der Waals surface area contributed by atoms with Crippen LogP contribution in [0.2, 0.25) is 0 Å². The van der Waals surface area contributed by atoms with Crippen LogP contribution in [0.3, 0.4) is 0 Å². The van der Waals surface area contributed by atoms with Crippen LogP contribution in [0.1, 0.15) is 23.7 Å². The lowest BCUT2D eigenvalue weighted by atomic mass is 10.2. The predicted octanol–water partition coefficient (Wildman–Crippen LogP) is 0.591. The van der Waals surface area contributed by atoms with Gasteiger partial charge in [-0.15, -0.1) is 0 Å². The van der Waals surface area contributed by atoms with E-state index in [2.05, 4.69) is 10.3 Å². The van der Waals surface area contributed by atoms with Gasteiger partial charge in [0, 0.05) is 6.20 Å². The fraction of sp³-hybridized carbons (Fsp3) is 0.455. The summed E-state index contributed by atoms with van der Waals surface area (Å²) in [5, 5.41) is 11.7. The Hall–Kier alpha value is -1.62. The molecule has 0 spiro atoms. The Morgan fingerprint density at radius 2 is 2.44 bits per heavy atom. The van der Waals surface area contributed by atoms with Gasteiger partial charge in [0.25, 0.3) is 5.91 Å². The molecule has 0 fully saturated rings. The molecule has 5 heteroatoms. The lowest BCUT2D eigenvalue weighted by molar-refractivity contribution is 0.0911. The van der Waals surface area contributed by atoms with Gasteiger partial charge in [0.2, 0.25) is 5.88 Å². The van der Waals surface area contributed by atoms with Gasteiger partial charge < -0.3 is 15.2 Å². The zero-order valence-corrected chi connectivity index (χ0v) is 9.43. The second-order valence-corrected chi connectivity index (χ2v) is 3.32. The van der Waals surface area contributed by atoms with Gasteiger partial charge in [0.05, 0.1) is 19.8 Å². The van der Waals surface area contributed by atoms with Crippen molar-refractivity contribution in [2.45, 2.75) is 19.4 Å². The van der Waals surface area contributed by atoms with E-state index in [-0.39, 0.29) is 24.4 Å². The van der Waals surface area contributed by atoms with Crippen molar-refractivity contribution in [3.05, 3.63) is 23.9 Å². The minimum absolute atomic E-state index is 0.0786. The van der Waals surface area contributed by atoms with Crippen LogP contribution in [0.4, 0.5) is 0 Å². The van der Waals surface area contributed by atoms with Crippen molar-refractivity contribution in [2.24, 2.45) is 0 Å². The van der Waals surface area contributed by atoms with Crippen LogP contribution in [0, 0.1) is 0 Å². The SMILES string of the molecule is CCC(CO)NC(=O)c1cccnc1OC. The van der Waals surface area contributed by atoms with Crippen LogP contribution in [0.5, 0.6) is 5.88 Å². The van der Waals surface area contributed by atoms with Crippen LogP contribution < -0.4 is 10.1 Å². The molecule has 0 aliphatic heterocycles. The van der Waals surface area contributed by atoms with E-state index in [9.17, 15) is 4.79 Å². The van der Waals surface area contributed by atoms with E-state index in [0.29, 0.717) is 12.0 Å². The number of carbonyl (C=O) groups is 1. The van der Waals surface area contributed by atoms with Gasteiger partial charge >= 0.3 is 0 Å². The van der Waals surface area contributed by atoms with Gasteiger partial charge in [0.15, 0.2) is 0 Å². The van der Waals surface area contributed by atoms with E-state index in [0.717, 1.165) is 0 Å². The molecular weight excluding hydrogens is 208 g/mol. The molecule has 0 aliphatic carbocycles. The topological polar surface area (TPSA) is 71.5 Å². The molecule has 1 amide bonds. The quantitative estimate of drug-likeness (QED) is 0.768. The summed E-state index contributed by atoms with van der Waals surface area (Å²) < 4.78 is 4.98. The first-order chi connectivity index (χ1) is 7.72. The molecule has 1 atom stereocenters. The molecule has 88 valence electrons. The Morgan fingerprint density at radius 1 is 1.69 bits per heavy atom. The van der Waals surface area contributed by atoms with Gasteiger partial charge in [-0.05, 0) is 18.6 Å². The highest BCUT2D eigenvalue weighted by atomic mass is 16.5. The highest BCUT2D eigenvalue weighted by molar-refractivity contribution is 5.96. The number of pyridine rings is 1. The monoisotopic (exact) mass is 224 g/mol. The first-order valence-corrected chi connectivity index (χ1v) is 5.13. The number of hydrogen-bond acceptors (Lipinski definition) is 4. The van der Waals surface area contributed by atoms with E-state index < -0.39 is 0 Å². The molecule has 0 aromatic carbocycles. The third kappa shape index (κ3) is 2.93. The Bertz CT molecular complexity index is 351.